The van der Waals surface area contributed by atoms with Crippen molar-refractivity contribution < 1.29 is 24.2 Å². The molecule has 0 bridgehead atoms. The van der Waals surface area contributed by atoms with Crippen molar-refractivity contribution in [3.8, 4) is 0 Å². The predicted molar refractivity (Wildman–Crippen MR) is 90.6 cm³/mol. The number of hydrogen-bond acceptors (Lipinski definition) is 5. The average molecular weight is 348 g/mol. The van der Waals surface area contributed by atoms with E-state index in [1.807, 2.05) is 6.92 Å². The van der Waals surface area contributed by atoms with Crippen molar-refractivity contribution >= 4 is 11.8 Å². The number of fused-ring (bicyclic) bond motifs is 2. The molecule has 2 saturated heterocycles. The van der Waals surface area contributed by atoms with Crippen molar-refractivity contribution in [2.24, 2.45) is 28.6 Å². The molecule has 2 aliphatic carbocycles. The predicted octanol–water partition coefficient (Wildman–Crippen LogP) is 2.27. The Morgan fingerprint density at radius 2 is 1.96 bits per heavy atom. The highest BCUT2D eigenvalue weighted by Gasteiger charge is 2.76. The number of ketones is 1. The van der Waals surface area contributed by atoms with Crippen molar-refractivity contribution in [1.29, 1.82) is 0 Å². The molecule has 5 heteroatoms. The second-order valence-electron chi connectivity index (χ2n) is 9.36. The molecule has 0 aromatic heterocycles. The van der Waals surface area contributed by atoms with Crippen molar-refractivity contribution in [1.82, 2.24) is 0 Å². The van der Waals surface area contributed by atoms with Gasteiger partial charge in [0.05, 0.1) is 30.5 Å². The van der Waals surface area contributed by atoms with E-state index >= 15 is 0 Å². The summed E-state index contributed by atoms with van der Waals surface area (Å²) >= 11 is 0. The Bertz CT molecular complexity index is 669. The fourth-order valence-corrected chi connectivity index (χ4v) is 6.54. The van der Waals surface area contributed by atoms with Crippen LogP contribution in [0.3, 0.4) is 0 Å². The number of esters is 1. The number of rotatable bonds is 1. The number of aliphatic hydroxyl groups is 1. The van der Waals surface area contributed by atoms with E-state index in [0.717, 1.165) is 0 Å². The molecule has 5 nitrogen and oxygen atoms in total. The summed E-state index contributed by atoms with van der Waals surface area (Å²) in [6.45, 7) is 12.7. The van der Waals surface area contributed by atoms with Crippen molar-refractivity contribution in [3.63, 3.8) is 0 Å². The van der Waals surface area contributed by atoms with Gasteiger partial charge in [-0.2, -0.15) is 0 Å². The van der Waals surface area contributed by atoms with Gasteiger partial charge in [-0.05, 0) is 29.2 Å². The summed E-state index contributed by atoms with van der Waals surface area (Å²) in [6, 6.07) is 0. The highest BCUT2D eigenvalue weighted by Crippen LogP contribution is 2.66. The van der Waals surface area contributed by atoms with Crippen LogP contribution in [0.25, 0.3) is 0 Å². The largest absolute Gasteiger partial charge is 0.451 e. The van der Waals surface area contributed by atoms with Crippen molar-refractivity contribution in [3.05, 3.63) is 12.2 Å². The average Bonchev–Trinajstić information content (AvgIpc) is 3.04. The van der Waals surface area contributed by atoms with Gasteiger partial charge >= 0.3 is 5.97 Å². The van der Waals surface area contributed by atoms with Gasteiger partial charge in [0.15, 0.2) is 5.60 Å². The Balaban J connectivity index is 1.93. The fourth-order valence-electron chi connectivity index (χ4n) is 6.54. The monoisotopic (exact) mass is 348 g/mol. The first-order valence-corrected chi connectivity index (χ1v) is 9.30. The van der Waals surface area contributed by atoms with E-state index in [1.165, 1.54) is 0 Å². The minimum Gasteiger partial charge on any atom is -0.451 e. The summed E-state index contributed by atoms with van der Waals surface area (Å²) in [5.41, 5.74) is -1.59. The quantitative estimate of drug-likeness (QED) is 0.581. The molecule has 7 unspecified atom stereocenters. The third-order valence-electron chi connectivity index (χ3n) is 7.80. The van der Waals surface area contributed by atoms with Gasteiger partial charge in [-0.15, -0.1) is 0 Å². The first kappa shape index (κ1) is 17.2. The van der Waals surface area contributed by atoms with Crippen LogP contribution in [0.1, 0.15) is 47.0 Å². The van der Waals surface area contributed by atoms with E-state index in [4.69, 9.17) is 9.47 Å². The number of carbonyl (C=O) groups excluding carboxylic acids is 2. The molecule has 0 amide bonds. The zero-order valence-corrected chi connectivity index (χ0v) is 15.5. The Labute approximate surface area is 148 Å². The lowest BCUT2D eigenvalue weighted by molar-refractivity contribution is -0.165. The highest BCUT2D eigenvalue weighted by molar-refractivity contribution is 5.87. The molecule has 0 aromatic carbocycles. The number of carbonyl (C=O) groups is 2. The Morgan fingerprint density at radius 3 is 2.60 bits per heavy atom. The van der Waals surface area contributed by atoms with Gasteiger partial charge < -0.3 is 14.6 Å². The van der Waals surface area contributed by atoms with Crippen LogP contribution >= 0.6 is 0 Å². The summed E-state index contributed by atoms with van der Waals surface area (Å²) in [5, 5.41) is 11.3. The van der Waals surface area contributed by atoms with Crippen LogP contribution in [0.2, 0.25) is 0 Å². The van der Waals surface area contributed by atoms with Gasteiger partial charge in [0.1, 0.15) is 11.9 Å². The molecule has 138 valence electrons. The Kier molecular flexibility index (Phi) is 3.41. The van der Waals surface area contributed by atoms with E-state index < -0.39 is 23.2 Å². The summed E-state index contributed by atoms with van der Waals surface area (Å²) < 4.78 is 11.9. The maximum Gasteiger partial charge on any atom is 0.307 e. The van der Waals surface area contributed by atoms with Gasteiger partial charge in [-0.25, -0.2) is 0 Å². The van der Waals surface area contributed by atoms with E-state index in [1.54, 1.807) is 0 Å². The second kappa shape index (κ2) is 4.95. The molecule has 2 heterocycles. The van der Waals surface area contributed by atoms with Crippen LogP contribution in [0.4, 0.5) is 0 Å². The van der Waals surface area contributed by atoms with Crippen LogP contribution in [0.5, 0.6) is 0 Å². The minimum atomic E-state index is -1.09. The SMILES string of the molecule is C=C1COC2C3C(=O)CC(C(C)C)C3(C)CC(O)C3(C)CC(=O)OC123. The molecule has 0 radical (unpaired) electrons. The van der Waals surface area contributed by atoms with Crippen molar-refractivity contribution in [2.75, 3.05) is 6.61 Å². The molecule has 0 aromatic rings. The van der Waals surface area contributed by atoms with Gasteiger partial charge in [-0.1, -0.05) is 34.3 Å². The normalized spacial score (nSPS) is 52.0. The zero-order valence-electron chi connectivity index (χ0n) is 15.5. The van der Waals surface area contributed by atoms with Crippen LogP contribution in [0.15, 0.2) is 12.2 Å². The summed E-state index contributed by atoms with van der Waals surface area (Å²) in [4.78, 5) is 25.3. The topological polar surface area (TPSA) is 72.8 Å². The van der Waals surface area contributed by atoms with E-state index in [-0.39, 0.29) is 42.0 Å². The standard InChI is InChI=1S/C20H28O5/c1-10(2)12-6-13(21)16-17-20(11(3)9-24-17)19(5,8-15(23)25-20)14(22)7-18(12,16)4/h10,12,14,16-17,22H,3,6-9H2,1-2,4-5H3. The zero-order chi connectivity index (χ0) is 18.4. The van der Waals surface area contributed by atoms with E-state index in [0.29, 0.717) is 24.3 Å². The van der Waals surface area contributed by atoms with Crippen LogP contribution in [0, 0.1) is 28.6 Å². The summed E-state index contributed by atoms with van der Waals surface area (Å²) in [6.07, 6.45) is -0.180. The molecule has 7 atom stereocenters. The molecule has 2 saturated carbocycles. The molecule has 4 rings (SSSR count). The number of aliphatic hydroxyl groups excluding tert-OH is 1. The number of hydrogen-bond donors (Lipinski definition) is 1. The molecule has 4 fully saturated rings. The molecule has 4 aliphatic rings. The first-order chi connectivity index (χ1) is 11.6. The maximum atomic E-state index is 13.1. The van der Waals surface area contributed by atoms with Gasteiger partial charge in [0.25, 0.3) is 0 Å². The van der Waals surface area contributed by atoms with Gasteiger partial charge in [0, 0.05) is 6.42 Å². The molecule has 2 aliphatic heterocycles. The maximum absolute atomic E-state index is 13.1. The second-order valence-corrected chi connectivity index (χ2v) is 9.36. The first-order valence-electron chi connectivity index (χ1n) is 9.30. The highest BCUT2D eigenvalue weighted by atomic mass is 16.6. The third kappa shape index (κ3) is 1.81. The Morgan fingerprint density at radius 1 is 1.28 bits per heavy atom. The number of ether oxygens (including phenoxy) is 2. The molecule has 25 heavy (non-hydrogen) atoms. The van der Waals surface area contributed by atoms with E-state index in [2.05, 4.69) is 27.4 Å². The lowest BCUT2D eigenvalue weighted by Gasteiger charge is -2.43. The van der Waals surface area contributed by atoms with Crippen molar-refractivity contribution in [2.45, 2.75) is 64.8 Å². The van der Waals surface area contributed by atoms with Crippen LogP contribution in [-0.4, -0.2) is 41.3 Å². The van der Waals surface area contributed by atoms with Crippen LogP contribution < -0.4 is 0 Å². The Hall–Kier alpha value is -1.20. The minimum absolute atomic E-state index is 0.135. The number of Topliss-reactive ketones (excluding diaryl/α,β-unsaturated/α-hetero) is 1. The molecular weight excluding hydrogens is 320 g/mol. The van der Waals surface area contributed by atoms with E-state index in [9.17, 15) is 14.7 Å². The molecule has 1 spiro atoms. The summed E-state index contributed by atoms with van der Waals surface area (Å²) in [5.74, 6) is -0.0267. The smallest absolute Gasteiger partial charge is 0.307 e. The van der Waals surface area contributed by atoms with Gasteiger partial charge in [0.2, 0.25) is 0 Å². The third-order valence-corrected chi connectivity index (χ3v) is 7.80. The van der Waals surface area contributed by atoms with Gasteiger partial charge in [-0.3, -0.25) is 9.59 Å². The lowest BCUT2D eigenvalue weighted by atomic mass is 9.64. The van der Waals surface area contributed by atoms with Crippen LogP contribution in [-0.2, 0) is 19.1 Å². The summed E-state index contributed by atoms with van der Waals surface area (Å²) in [7, 11) is 0. The fraction of sp³-hybridized carbons (Fsp3) is 0.800. The molecule has 1 N–H and O–H groups in total. The lowest BCUT2D eigenvalue weighted by Crippen LogP contribution is -2.57. The molecular formula is C20H28O5.